The predicted octanol–water partition coefficient (Wildman–Crippen LogP) is 2.47. The van der Waals surface area contributed by atoms with Crippen molar-refractivity contribution in [1.82, 2.24) is 0 Å². The first-order chi connectivity index (χ1) is 10.2. The van der Waals surface area contributed by atoms with Crippen LogP contribution in [0.25, 0.3) is 0 Å². The van der Waals surface area contributed by atoms with E-state index in [2.05, 4.69) is 17.2 Å². The number of amides is 1. The summed E-state index contributed by atoms with van der Waals surface area (Å²) in [5.74, 6) is 6.54. The average molecular weight is 282 g/mol. The molecule has 0 unspecified atom stereocenters. The Balaban J connectivity index is 1.98. The molecular weight excluding hydrogens is 264 g/mol. The summed E-state index contributed by atoms with van der Waals surface area (Å²) >= 11 is 0. The maximum atomic E-state index is 11.9. The van der Waals surface area contributed by atoms with Crippen molar-refractivity contribution in [3.05, 3.63) is 53.5 Å². The molecule has 0 bridgehead atoms. The molecule has 0 aliphatic heterocycles. The highest BCUT2D eigenvalue weighted by molar-refractivity contribution is 5.91. The molecule has 0 aliphatic rings. The SMILES string of the molecule is Cc1cc(C#CCN)cc(NC(=O)CCc2ccco2)c1. The number of benzene rings is 1. The lowest BCUT2D eigenvalue weighted by atomic mass is 10.1. The number of nitrogens with one attached hydrogen (secondary N) is 1. The largest absolute Gasteiger partial charge is 0.469 e. The van der Waals surface area contributed by atoms with Gasteiger partial charge in [0.15, 0.2) is 0 Å². The normalized spacial score (nSPS) is 9.81. The fourth-order valence-electron chi connectivity index (χ4n) is 2.00. The number of carbonyl (C=O) groups excluding carboxylic acids is 1. The molecule has 0 radical (unpaired) electrons. The molecule has 4 nitrogen and oxygen atoms in total. The lowest BCUT2D eigenvalue weighted by Crippen LogP contribution is -2.12. The molecule has 2 rings (SSSR count). The molecule has 2 aromatic rings. The zero-order chi connectivity index (χ0) is 15.1. The molecule has 1 heterocycles. The number of nitrogens with two attached hydrogens (primary N) is 1. The molecule has 0 atom stereocenters. The molecule has 0 spiro atoms. The number of carbonyl (C=O) groups is 1. The Hall–Kier alpha value is -2.51. The van der Waals surface area contributed by atoms with E-state index in [9.17, 15) is 4.79 Å². The second kappa shape index (κ2) is 7.32. The number of rotatable bonds is 4. The molecule has 1 aromatic carbocycles. The van der Waals surface area contributed by atoms with E-state index in [4.69, 9.17) is 10.2 Å². The minimum Gasteiger partial charge on any atom is -0.469 e. The Kier molecular flexibility index (Phi) is 5.19. The molecular formula is C17H18N2O2. The summed E-state index contributed by atoms with van der Waals surface area (Å²) in [6.45, 7) is 2.28. The minimum atomic E-state index is -0.0465. The highest BCUT2D eigenvalue weighted by Gasteiger charge is 2.05. The van der Waals surface area contributed by atoms with Gasteiger partial charge in [-0.05, 0) is 42.8 Å². The summed E-state index contributed by atoms with van der Waals surface area (Å²) in [5.41, 5.74) is 8.01. The molecule has 1 aromatic heterocycles. The van der Waals surface area contributed by atoms with Crippen LogP contribution in [-0.2, 0) is 11.2 Å². The summed E-state index contributed by atoms with van der Waals surface area (Å²) < 4.78 is 5.21. The maximum absolute atomic E-state index is 11.9. The second-order valence-corrected chi connectivity index (χ2v) is 4.72. The van der Waals surface area contributed by atoms with Crippen LogP contribution in [0.1, 0.15) is 23.3 Å². The highest BCUT2D eigenvalue weighted by atomic mass is 16.3. The number of anilines is 1. The Morgan fingerprint density at radius 1 is 1.38 bits per heavy atom. The van der Waals surface area contributed by atoms with Gasteiger partial charge >= 0.3 is 0 Å². The van der Waals surface area contributed by atoms with E-state index in [0.29, 0.717) is 19.4 Å². The summed E-state index contributed by atoms with van der Waals surface area (Å²) in [4.78, 5) is 11.9. The van der Waals surface area contributed by atoms with Crippen LogP contribution in [0.4, 0.5) is 5.69 Å². The van der Waals surface area contributed by atoms with Crippen LogP contribution >= 0.6 is 0 Å². The van der Waals surface area contributed by atoms with Crippen molar-refractivity contribution < 1.29 is 9.21 Å². The summed E-state index contributed by atoms with van der Waals surface area (Å²) in [7, 11) is 0. The zero-order valence-electron chi connectivity index (χ0n) is 12.0. The quantitative estimate of drug-likeness (QED) is 0.846. The third kappa shape index (κ3) is 4.83. The summed E-state index contributed by atoms with van der Waals surface area (Å²) in [6.07, 6.45) is 2.58. The lowest BCUT2D eigenvalue weighted by Gasteiger charge is -2.06. The molecule has 21 heavy (non-hydrogen) atoms. The van der Waals surface area contributed by atoms with Crippen LogP contribution in [0, 0.1) is 18.8 Å². The first kappa shape index (κ1) is 14.9. The third-order valence-electron chi connectivity index (χ3n) is 2.87. The van der Waals surface area contributed by atoms with Crippen molar-refractivity contribution in [2.45, 2.75) is 19.8 Å². The summed E-state index contributed by atoms with van der Waals surface area (Å²) in [5, 5.41) is 2.88. The van der Waals surface area contributed by atoms with Gasteiger partial charge in [0.1, 0.15) is 5.76 Å². The summed E-state index contributed by atoms with van der Waals surface area (Å²) in [6, 6.07) is 9.40. The van der Waals surface area contributed by atoms with Gasteiger partial charge in [0.05, 0.1) is 12.8 Å². The predicted molar refractivity (Wildman–Crippen MR) is 82.8 cm³/mol. The van der Waals surface area contributed by atoms with E-state index in [1.54, 1.807) is 6.26 Å². The topological polar surface area (TPSA) is 68.3 Å². The van der Waals surface area contributed by atoms with Gasteiger partial charge in [-0.25, -0.2) is 0 Å². The molecule has 1 amide bonds. The van der Waals surface area contributed by atoms with E-state index in [0.717, 1.165) is 22.6 Å². The first-order valence-electron chi connectivity index (χ1n) is 6.80. The first-order valence-corrected chi connectivity index (χ1v) is 6.80. The van der Waals surface area contributed by atoms with E-state index < -0.39 is 0 Å². The molecule has 108 valence electrons. The van der Waals surface area contributed by atoms with Crippen LogP contribution in [0.3, 0.4) is 0 Å². The number of furan rings is 1. The molecule has 3 N–H and O–H groups in total. The van der Waals surface area contributed by atoms with Gasteiger partial charge in [-0.1, -0.05) is 11.8 Å². The van der Waals surface area contributed by atoms with Gasteiger partial charge in [0.25, 0.3) is 0 Å². The average Bonchev–Trinajstić information content (AvgIpc) is 2.95. The van der Waals surface area contributed by atoms with Gasteiger partial charge in [-0.15, -0.1) is 0 Å². The van der Waals surface area contributed by atoms with Crippen LogP contribution < -0.4 is 11.1 Å². The van der Waals surface area contributed by atoms with Crippen molar-refractivity contribution >= 4 is 11.6 Å². The fraction of sp³-hybridized carbons (Fsp3) is 0.235. The Labute approximate surface area is 124 Å². The van der Waals surface area contributed by atoms with Gasteiger partial charge in [0, 0.05) is 24.1 Å². The molecule has 0 saturated carbocycles. The van der Waals surface area contributed by atoms with E-state index in [-0.39, 0.29) is 5.91 Å². The highest BCUT2D eigenvalue weighted by Crippen LogP contribution is 2.14. The van der Waals surface area contributed by atoms with Gasteiger partial charge in [0.2, 0.25) is 5.91 Å². The molecule has 0 aliphatic carbocycles. The van der Waals surface area contributed by atoms with Gasteiger partial charge in [-0.2, -0.15) is 0 Å². The van der Waals surface area contributed by atoms with E-state index in [1.165, 1.54) is 0 Å². The monoisotopic (exact) mass is 282 g/mol. The molecule has 4 heteroatoms. The van der Waals surface area contributed by atoms with Crippen molar-refractivity contribution in [1.29, 1.82) is 0 Å². The van der Waals surface area contributed by atoms with Crippen molar-refractivity contribution in [2.75, 3.05) is 11.9 Å². The second-order valence-electron chi connectivity index (χ2n) is 4.72. The van der Waals surface area contributed by atoms with E-state index in [1.807, 2.05) is 37.3 Å². The molecule has 0 fully saturated rings. The van der Waals surface area contributed by atoms with Gasteiger partial charge in [-0.3, -0.25) is 4.79 Å². The van der Waals surface area contributed by atoms with Crippen LogP contribution in [0.5, 0.6) is 0 Å². The Morgan fingerprint density at radius 2 is 2.24 bits per heavy atom. The number of hydrogen-bond acceptors (Lipinski definition) is 3. The zero-order valence-corrected chi connectivity index (χ0v) is 12.0. The van der Waals surface area contributed by atoms with Crippen molar-refractivity contribution in [3.8, 4) is 11.8 Å². The minimum absolute atomic E-state index is 0.0465. The van der Waals surface area contributed by atoms with Crippen LogP contribution in [-0.4, -0.2) is 12.5 Å². The number of aryl methyl sites for hydroxylation is 2. The third-order valence-corrected chi connectivity index (χ3v) is 2.87. The standard InChI is InChI=1S/C17H18N2O2/c1-13-10-14(4-2-8-18)12-15(11-13)19-17(20)7-6-16-5-3-9-21-16/h3,5,9-12H,6-8,18H2,1H3,(H,19,20). The Bertz CT molecular complexity index is 664. The fourth-order valence-corrected chi connectivity index (χ4v) is 2.00. The Morgan fingerprint density at radius 3 is 2.95 bits per heavy atom. The van der Waals surface area contributed by atoms with Crippen LogP contribution in [0.15, 0.2) is 41.0 Å². The number of hydrogen-bond donors (Lipinski definition) is 2. The lowest BCUT2D eigenvalue weighted by molar-refractivity contribution is -0.116. The van der Waals surface area contributed by atoms with Crippen LogP contribution in [0.2, 0.25) is 0 Å². The van der Waals surface area contributed by atoms with E-state index >= 15 is 0 Å². The van der Waals surface area contributed by atoms with Crippen molar-refractivity contribution in [3.63, 3.8) is 0 Å². The smallest absolute Gasteiger partial charge is 0.224 e. The maximum Gasteiger partial charge on any atom is 0.224 e. The van der Waals surface area contributed by atoms with Gasteiger partial charge < -0.3 is 15.5 Å². The molecule has 0 saturated heterocycles. The van der Waals surface area contributed by atoms with Crippen molar-refractivity contribution in [2.24, 2.45) is 5.73 Å².